The topological polar surface area (TPSA) is 101 Å². The van der Waals surface area contributed by atoms with Gasteiger partial charge in [-0.05, 0) is 45.2 Å². The number of nitrogens with one attached hydrogen (secondary N) is 1. The Morgan fingerprint density at radius 3 is 2.39 bits per heavy atom. The molecule has 2 aromatic heterocycles. The molecule has 38 heavy (non-hydrogen) atoms. The fourth-order valence-corrected chi connectivity index (χ4v) is 5.23. The second-order valence-electron chi connectivity index (χ2n) is 11.2. The summed E-state index contributed by atoms with van der Waals surface area (Å²) in [5.74, 6) is -2.13. The van der Waals surface area contributed by atoms with Crippen molar-refractivity contribution in [3.05, 3.63) is 40.5 Å². The molecule has 1 saturated heterocycles. The summed E-state index contributed by atoms with van der Waals surface area (Å²) in [5, 5.41) is 3.07. The SMILES string of the molecule is COC(=O)c1c(C)cc(N2CCN(C(=O)c3cnc(NC4CC(F)(F)C4)c(C(C)C)n3)C(C)(C)C2)nc1C. The molecule has 1 amide bonds. The van der Waals surface area contributed by atoms with E-state index in [0.717, 1.165) is 11.4 Å². The first-order valence-electron chi connectivity index (χ1n) is 12.9. The minimum Gasteiger partial charge on any atom is -0.465 e. The van der Waals surface area contributed by atoms with Crippen molar-refractivity contribution in [2.24, 2.45) is 0 Å². The van der Waals surface area contributed by atoms with E-state index in [4.69, 9.17) is 4.74 Å². The smallest absolute Gasteiger partial charge is 0.339 e. The van der Waals surface area contributed by atoms with Crippen LogP contribution in [0.15, 0.2) is 12.3 Å². The molecule has 3 heterocycles. The number of halogens is 2. The van der Waals surface area contributed by atoms with Crippen LogP contribution in [0.2, 0.25) is 0 Å². The molecule has 1 N–H and O–H groups in total. The molecule has 0 atom stereocenters. The van der Waals surface area contributed by atoms with Crippen molar-refractivity contribution in [1.29, 1.82) is 0 Å². The van der Waals surface area contributed by atoms with E-state index in [1.807, 2.05) is 40.7 Å². The van der Waals surface area contributed by atoms with Crippen LogP contribution in [0.5, 0.6) is 0 Å². The van der Waals surface area contributed by atoms with Gasteiger partial charge in [-0.15, -0.1) is 0 Å². The number of amides is 1. The number of piperazine rings is 1. The summed E-state index contributed by atoms with van der Waals surface area (Å²) in [4.78, 5) is 43.3. The van der Waals surface area contributed by atoms with Gasteiger partial charge in [0.1, 0.15) is 17.3 Å². The van der Waals surface area contributed by atoms with Gasteiger partial charge in [-0.1, -0.05) is 13.8 Å². The van der Waals surface area contributed by atoms with Crippen LogP contribution in [0.25, 0.3) is 0 Å². The van der Waals surface area contributed by atoms with E-state index in [1.54, 1.807) is 11.8 Å². The van der Waals surface area contributed by atoms with E-state index in [1.165, 1.54) is 13.3 Å². The zero-order chi connectivity index (χ0) is 28.0. The number of anilines is 2. The number of carbonyl (C=O) groups excluding carboxylic acids is 2. The van der Waals surface area contributed by atoms with E-state index in [0.29, 0.717) is 42.4 Å². The molecular weight excluding hydrogens is 494 g/mol. The van der Waals surface area contributed by atoms with Gasteiger partial charge in [0.05, 0.1) is 35.8 Å². The highest BCUT2D eigenvalue weighted by atomic mass is 19.3. The Morgan fingerprint density at radius 1 is 1.16 bits per heavy atom. The highest BCUT2D eigenvalue weighted by molar-refractivity contribution is 5.93. The monoisotopic (exact) mass is 530 g/mol. The first-order valence-corrected chi connectivity index (χ1v) is 12.9. The summed E-state index contributed by atoms with van der Waals surface area (Å²) >= 11 is 0. The molecule has 1 saturated carbocycles. The standard InChI is InChI=1S/C27H36F2N6O3/c1-15(2)22-23(32-18-11-27(28,29)12-18)30-13-19(33-22)24(36)35-9-8-34(14-26(35,5)6)20-10-16(3)21(17(4)31-20)25(37)38-7/h10,13,15,18H,8-9,11-12,14H2,1-7H3,(H,30,32). The summed E-state index contributed by atoms with van der Waals surface area (Å²) in [5.41, 5.74) is 2.11. The molecule has 1 aliphatic carbocycles. The number of rotatable bonds is 6. The highest BCUT2D eigenvalue weighted by Gasteiger charge is 2.46. The molecule has 0 bridgehead atoms. The fourth-order valence-electron chi connectivity index (χ4n) is 5.23. The third-order valence-electron chi connectivity index (χ3n) is 7.24. The third-order valence-corrected chi connectivity index (χ3v) is 7.24. The Hall–Kier alpha value is -3.37. The lowest BCUT2D eigenvalue weighted by Crippen LogP contribution is -2.61. The minimum absolute atomic E-state index is 0.0475. The van der Waals surface area contributed by atoms with Gasteiger partial charge in [0.2, 0.25) is 0 Å². The Balaban J connectivity index is 1.51. The number of carbonyl (C=O) groups is 2. The van der Waals surface area contributed by atoms with Gasteiger partial charge in [0.15, 0.2) is 0 Å². The second kappa shape index (κ2) is 10.1. The first kappa shape index (κ1) is 27.7. The van der Waals surface area contributed by atoms with Gasteiger partial charge >= 0.3 is 5.97 Å². The van der Waals surface area contributed by atoms with E-state index < -0.39 is 17.4 Å². The second-order valence-corrected chi connectivity index (χ2v) is 11.2. The molecule has 1 aliphatic heterocycles. The highest BCUT2D eigenvalue weighted by Crippen LogP contribution is 2.39. The molecule has 2 aromatic rings. The average Bonchev–Trinajstić information content (AvgIpc) is 2.81. The summed E-state index contributed by atoms with van der Waals surface area (Å²) in [7, 11) is 1.35. The van der Waals surface area contributed by atoms with Crippen LogP contribution in [0, 0.1) is 13.8 Å². The summed E-state index contributed by atoms with van der Waals surface area (Å²) in [6, 6.07) is 1.52. The van der Waals surface area contributed by atoms with Gasteiger partial charge in [-0.3, -0.25) is 4.79 Å². The van der Waals surface area contributed by atoms with Crippen LogP contribution in [0.1, 0.15) is 84.3 Å². The molecule has 2 aliphatic rings. The Morgan fingerprint density at radius 2 is 1.84 bits per heavy atom. The number of aromatic nitrogens is 3. The maximum atomic E-state index is 13.6. The lowest BCUT2D eigenvalue weighted by atomic mass is 9.88. The third kappa shape index (κ3) is 5.42. The van der Waals surface area contributed by atoms with Gasteiger partial charge in [-0.25, -0.2) is 28.5 Å². The molecular formula is C27H36F2N6O3. The Bertz CT molecular complexity index is 1220. The lowest BCUT2D eigenvalue weighted by Gasteiger charge is -2.47. The van der Waals surface area contributed by atoms with Crippen LogP contribution in [0.4, 0.5) is 20.4 Å². The molecule has 4 rings (SSSR count). The minimum atomic E-state index is -2.64. The maximum Gasteiger partial charge on any atom is 0.339 e. The van der Waals surface area contributed by atoms with Crippen LogP contribution in [-0.2, 0) is 4.74 Å². The molecule has 9 nitrogen and oxygen atoms in total. The molecule has 206 valence electrons. The van der Waals surface area contributed by atoms with Crippen molar-refractivity contribution < 1.29 is 23.1 Å². The summed E-state index contributed by atoms with van der Waals surface area (Å²) in [6.45, 7) is 13.0. The van der Waals surface area contributed by atoms with Crippen LogP contribution in [0.3, 0.4) is 0 Å². The van der Waals surface area contributed by atoms with Crippen molar-refractivity contribution in [2.75, 3.05) is 37.0 Å². The van der Waals surface area contributed by atoms with Crippen molar-refractivity contribution in [3.8, 4) is 0 Å². The normalized spacial score (nSPS) is 18.8. The number of alkyl halides is 2. The van der Waals surface area contributed by atoms with Crippen LogP contribution in [-0.4, -0.2) is 76.0 Å². The van der Waals surface area contributed by atoms with Crippen LogP contribution < -0.4 is 10.2 Å². The van der Waals surface area contributed by atoms with E-state index in [2.05, 4.69) is 25.2 Å². The molecule has 0 unspecified atom stereocenters. The number of nitrogens with zero attached hydrogens (tertiary/aromatic N) is 5. The number of pyridine rings is 1. The van der Waals surface area contributed by atoms with Gasteiger partial charge in [0, 0.05) is 38.5 Å². The van der Waals surface area contributed by atoms with Crippen molar-refractivity contribution in [1.82, 2.24) is 19.9 Å². The van der Waals surface area contributed by atoms with E-state index >= 15 is 0 Å². The number of ether oxygens (including phenoxy) is 1. The van der Waals surface area contributed by atoms with Crippen molar-refractivity contribution >= 4 is 23.5 Å². The summed E-state index contributed by atoms with van der Waals surface area (Å²) < 4.78 is 31.5. The first-order chi connectivity index (χ1) is 17.7. The molecule has 0 radical (unpaired) electrons. The van der Waals surface area contributed by atoms with Gasteiger partial charge in [0.25, 0.3) is 11.8 Å². The zero-order valence-corrected chi connectivity index (χ0v) is 23.1. The summed E-state index contributed by atoms with van der Waals surface area (Å²) in [6.07, 6.45) is 0.963. The number of hydrogen-bond donors (Lipinski definition) is 1. The maximum absolute atomic E-state index is 13.6. The number of esters is 1. The average molecular weight is 531 g/mol. The van der Waals surface area contributed by atoms with E-state index in [9.17, 15) is 18.4 Å². The molecule has 11 heteroatoms. The van der Waals surface area contributed by atoms with Gasteiger partial charge in [-0.2, -0.15) is 0 Å². The fraction of sp³-hybridized carbons (Fsp3) is 0.593. The molecule has 0 aromatic carbocycles. The molecule has 0 spiro atoms. The van der Waals surface area contributed by atoms with E-state index in [-0.39, 0.29) is 36.4 Å². The Labute approximate surface area is 222 Å². The predicted octanol–water partition coefficient (Wildman–Crippen LogP) is 4.35. The number of hydrogen-bond acceptors (Lipinski definition) is 8. The largest absolute Gasteiger partial charge is 0.465 e. The molecule has 2 fully saturated rings. The lowest BCUT2D eigenvalue weighted by molar-refractivity contribution is -0.0794. The van der Waals surface area contributed by atoms with Crippen molar-refractivity contribution in [2.45, 2.75) is 77.8 Å². The van der Waals surface area contributed by atoms with Gasteiger partial charge < -0.3 is 19.9 Å². The van der Waals surface area contributed by atoms with Crippen LogP contribution >= 0.6 is 0 Å². The quantitative estimate of drug-likeness (QED) is 0.551. The Kier molecular flexibility index (Phi) is 7.33. The number of methoxy groups -OCH3 is 1. The predicted molar refractivity (Wildman–Crippen MR) is 140 cm³/mol. The number of aryl methyl sites for hydroxylation is 2. The zero-order valence-electron chi connectivity index (χ0n) is 23.1. The van der Waals surface area contributed by atoms with Crippen molar-refractivity contribution in [3.63, 3.8) is 0 Å².